The van der Waals surface area contributed by atoms with Crippen LogP contribution in [0.3, 0.4) is 0 Å². The Balaban J connectivity index is 2.15. The summed E-state index contributed by atoms with van der Waals surface area (Å²) >= 11 is 0. The van der Waals surface area contributed by atoms with Crippen molar-refractivity contribution in [3.05, 3.63) is 18.2 Å². The molecule has 0 bridgehead atoms. The second-order valence-electron chi connectivity index (χ2n) is 5.96. The number of aliphatic carboxylic acids is 1. The van der Waals surface area contributed by atoms with Crippen LogP contribution in [-0.4, -0.2) is 27.2 Å². The smallest absolute Gasteiger partial charge is 0.312 e. The van der Waals surface area contributed by atoms with Gasteiger partial charge in [0.25, 0.3) is 0 Å². The van der Waals surface area contributed by atoms with Gasteiger partial charge in [-0.2, -0.15) is 0 Å². The quantitative estimate of drug-likeness (QED) is 0.838. The van der Waals surface area contributed by atoms with E-state index < -0.39 is 11.9 Å². The van der Waals surface area contributed by atoms with Gasteiger partial charge in [-0.25, -0.2) is 4.98 Å². The zero-order valence-corrected chi connectivity index (χ0v) is 12.2. The number of carboxylic acid groups (broad SMARTS) is 1. The minimum atomic E-state index is -0.774. The van der Waals surface area contributed by atoms with Crippen molar-refractivity contribution in [3.8, 4) is 0 Å². The molecule has 2 rings (SSSR count). The molecule has 112 valence electrons. The summed E-state index contributed by atoms with van der Waals surface area (Å²) < 4.78 is 2.10. The summed E-state index contributed by atoms with van der Waals surface area (Å²) in [6, 6.07) is 0.406. The monoisotopic (exact) mass is 279 g/mol. The minimum Gasteiger partial charge on any atom is -0.481 e. The van der Waals surface area contributed by atoms with Gasteiger partial charge in [0.2, 0.25) is 0 Å². The Hall–Kier alpha value is -1.36. The number of rotatable bonds is 6. The Kier molecular flexibility index (Phi) is 5.17. The first-order valence-corrected chi connectivity index (χ1v) is 7.58. The lowest BCUT2D eigenvalue weighted by molar-refractivity contribution is -0.139. The number of imidazole rings is 1. The molecule has 5 heteroatoms. The predicted octanol–water partition coefficient (Wildman–Crippen LogP) is 2.54. The molecule has 0 unspecified atom stereocenters. The SMILES string of the molecule is CC1CCC(n2cncc2[C@H](CCCN)C(=O)O)CC1. The summed E-state index contributed by atoms with van der Waals surface area (Å²) in [4.78, 5) is 15.7. The third-order valence-electron chi connectivity index (χ3n) is 4.43. The van der Waals surface area contributed by atoms with Crippen LogP contribution in [0, 0.1) is 5.92 Å². The fraction of sp³-hybridized carbons (Fsp3) is 0.733. The Labute approximate surface area is 120 Å². The summed E-state index contributed by atoms with van der Waals surface area (Å²) in [5, 5.41) is 9.45. The first-order chi connectivity index (χ1) is 9.63. The first-order valence-electron chi connectivity index (χ1n) is 7.58. The highest BCUT2D eigenvalue weighted by atomic mass is 16.4. The minimum absolute atomic E-state index is 0.406. The van der Waals surface area contributed by atoms with Crippen LogP contribution in [0.1, 0.15) is 63.1 Å². The van der Waals surface area contributed by atoms with E-state index in [0.29, 0.717) is 19.0 Å². The van der Waals surface area contributed by atoms with E-state index in [2.05, 4.69) is 16.5 Å². The van der Waals surface area contributed by atoms with Gasteiger partial charge in [-0.15, -0.1) is 0 Å². The Morgan fingerprint density at radius 2 is 2.20 bits per heavy atom. The molecule has 1 aromatic rings. The predicted molar refractivity (Wildman–Crippen MR) is 77.6 cm³/mol. The van der Waals surface area contributed by atoms with Crippen LogP contribution in [0.5, 0.6) is 0 Å². The van der Waals surface area contributed by atoms with Crippen molar-refractivity contribution in [3.63, 3.8) is 0 Å². The Morgan fingerprint density at radius 1 is 1.50 bits per heavy atom. The molecule has 1 fully saturated rings. The highest BCUT2D eigenvalue weighted by Gasteiger charge is 2.27. The van der Waals surface area contributed by atoms with E-state index in [9.17, 15) is 9.90 Å². The van der Waals surface area contributed by atoms with Crippen molar-refractivity contribution in [2.24, 2.45) is 11.7 Å². The molecule has 1 aliphatic rings. The van der Waals surface area contributed by atoms with E-state index in [1.165, 1.54) is 12.8 Å². The molecule has 0 spiro atoms. The lowest BCUT2D eigenvalue weighted by atomic mass is 9.87. The zero-order valence-electron chi connectivity index (χ0n) is 12.2. The van der Waals surface area contributed by atoms with Crippen LogP contribution in [-0.2, 0) is 4.79 Å². The maximum absolute atomic E-state index is 11.5. The van der Waals surface area contributed by atoms with Gasteiger partial charge >= 0.3 is 5.97 Å². The molecule has 1 aliphatic carbocycles. The topological polar surface area (TPSA) is 81.1 Å². The van der Waals surface area contributed by atoms with E-state index in [-0.39, 0.29) is 0 Å². The average molecular weight is 279 g/mol. The van der Waals surface area contributed by atoms with Crippen molar-refractivity contribution >= 4 is 5.97 Å². The number of aromatic nitrogens is 2. The third kappa shape index (κ3) is 3.39. The average Bonchev–Trinajstić information content (AvgIpc) is 2.89. The second kappa shape index (κ2) is 6.88. The number of nitrogens with zero attached hydrogens (tertiary/aromatic N) is 2. The maximum atomic E-state index is 11.5. The summed E-state index contributed by atoms with van der Waals surface area (Å²) in [5.74, 6) is -0.476. The van der Waals surface area contributed by atoms with Gasteiger partial charge in [-0.1, -0.05) is 6.92 Å². The summed E-state index contributed by atoms with van der Waals surface area (Å²) in [7, 11) is 0. The van der Waals surface area contributed by atoms with E-state index in [1.54, 1.807) is 12.5 Å². The van der Waals surface area contributed by atoms with Crippen molar-refractivity contribution < 1.29 is 9.90 Å². The molecule has 1 heterocycles. The molecular weight excluding hydrogens is 254 g/mol. The van der Waals surface area contributed by atoms with Crippen LogP contribution < -0.4 is 5.73 Å². The molecule has 0 amide bonds. The van der Waals surface area contributed by atoms with Crippen LogP contribution in [0.25, 0.3) is 0 Å². The summed E-state index contributed by atoms with van der Waals surface area (Å²) in [6.45, 7) is 2.81. The fourth-order valence-electron chi connectivity index (χ4n) is 3.13. The number of carboxylic acids is 1. The Morgan fingerprint density at radius 3 is 2.80 bits per heavy atom. The van der Waals surface area contributed by atoms with E-state index in [1.807, 2.05) is 0 Å². The number of carbonyl (C=O) groups is 1. The third-order valence-corrected chi connectivity index (χ3v) is 4.43. The summed E-state index contributed by atoms with van der Waals surface area (Å²) in [5.41, 5.74) is 6.35. The lowest BCUT2D eigenvalue weighted by Gasteiger charge is -2.29. The van der Waals surface area contributed by atoms with Gasteiger partial charge < -0.3 is 15.4 Å². The van der Waals surface area contributed by atoms with Crippen LogP contribution in [0.4, 0.5) is 0 Å². The fourth-order valence-corrected chi connectivity index (χ4v) is 3.13. The van der Waals surface area contributed by atoms with E-state index in [0.717, 1.165) is 30.9 Å². The van der Waals surface area contributed by atoms with E-state index in [4.69, 9.17) is 5.73 Å². The van der Waals surface area contributed by atoms with Gasteiger partial charge in [0.1, 0.15) is 0 Å². The van der Waals surface area contributed by atoms with Crippen LogP contribution in [0.15, 0.2) is 12.5 Å². The van der Waals surface area contributed by atoms with Gasteiger partial charge in [0, 0.05) is 12.2 Å². The van der Waals surface area contributed by atoms with Gasteiger partial charge in [-0.05, 0) is 51.0 Å². The number of hydrogen-bond donors (Lipinski definition) is 2. The second-order valence-corrected chi connectivity index (χ2v) is 5.96. The molecule has 0 aliphatic heterocycles. The van der Waals surface area contributed by atoms with Gasteiger partial charge in [-0.3, -0.25) is 4.79 Å². The standard InChI is InChI=1S/C15H25N3O2/c1-11-4-6-12(7-5-11)18-10-17-9-14(18)13(15(19)20)3-2-8-16/h9-13H,2-8,16H2,1H3,(H,19,20)/t11?,12?,13-/m0/s1. The van der Waals surface area contributed by atoms with Crippen LogP contribution >= 0.6 is 0 Å². The van der Waals surface area contributed by atoms with Crippen molar-refractivity contribution in [1.29, 1.82) is 0 Å². The van der Waals surface area contributed by atoms with Gasteiger partial charge in [0.05, 0.1) is 17.9 Å². The molecule has 1 atom stereocenters. The first kappa shape index (κ1) is 15.0. The largest absolute Gasteiger partial charge is 0.481 e. The van der Waals surface area contributed by atoms with Gasteiger partial charge in [0.15, 0.2) is 0 Å². The molecule has 3 N–H and O–H groups in total. The molecule has 0 radical (unpaired) electrons. The molecule has 20 heavy (non-hydrogen) atoms. The van der Waals surface area contributed by atoms with Crippen molar-refractivity contribution in [1.82, 2.24) is 9.55 Å². The normalized spacial score (nSPS) is 24.5. The number of nitrogens with two attached hydrogens (primary N) is 1. The highest BCUT2D eigenvalue weighted by molar-refractivity contribution is 5.75. The maximum Gasteiger partial charge on any atom is 0.312 e. The van der Waals surface area contributed by atoms with Crippen molar-refractivity contribution in [2.75, 3.05) is 6.54 Å². The molecule has 5 nitrogen and oxygen atoms in total. The lowest BCUT2D eigenvalue weighted by Crippen LogP contribution is -2.22. The molecule has 1 saturated carbocycles. The molecule has 0 aromatic carbocycles. The highest BCUT2D eigenvalue weighted by Crippen LogP contribution is 2.34. The molecule has 1 aromatic heterocycles. The van der Waals surface area contributed by atoms with Crippen molar-refractivity contribution in [2.45, 2.75) is 57.4 Å². The summed E-state index contributed by atoms with van der Waals surface area (Å²) in [6.07, 6.45) is 9.49. The van der Waals surface area contributed by atoms with E-state index >= 15 is 0 Å². The molecular formula is C15H25N3O2. The number of hydrogen-bond acceptors (Lipinski definition) is 3. The van der Waals surface area contributed by atoms with Crippen LogP contribution in [0.2, 0.25) is 0 Å². The molecule has 0 saturated heterocycles. The Bertz CT molecular complexity index is 436. The zero-order chi connectivity index (χ0) is 14.5.